The first-order valence-electron chi connectivity index (χ1n) is 7.20. The van der Waals surface area contributed by atoms with Crippen LogP contribution in [0, 0.1) is 0 Å². The fraction of sp³-hybridized carbons (Fsp3) is 1.00. The zero-order valence-corrected chi connectivity index (χ0v) is 11.3. The molecule has 0 saturated carbocycles. The molecule has 1 heterocycles. The van der Waals surface area contributed by atoms with E-state index in [-0.39, 0.29) is 24.4 Å². The summed E-state index contributed by atoms with van der Waals surface area (Å²) in [6, 6.07) is 0. The van der Waals surface area contributed by atoms with Crippen LogP contribution in [0.3, 0.4) is 0 Å². The Kier molecular flexibility index (Phi) is 7.09. The van der Waals surface area contributed by atoms with Crippen molar-refractivity contribution in [2.24, 2.45) is 0 Å². The number of hydrogen-bond donors (Lipinski definition) is 2. The summed E-state index contributed by atoms with van der Waals surface area (Å²) in [7, 11) is 0. The van der Waals surface area contributed by atoms with Gasteiger partial charge in [-0.1, -0.05) is 39.5 Å². The van der Waals surface area contributed by atoms with Crippen LogP contribution in [0.5, 0.6) is 0 Å². The highest BCUT2D eigenvalue weighted by molar-refractivity contribution is 4.83. The van der Waals surface area contributed by atoms with Crippen molar-refractivity contribution in [3.63, 3.8) is 0 Å². The normalized spacial score (nSPS) is 28.2. The number of hydrogen-bond acceptors (Lipinski definition) is 3. The van der Waals surface area contributed by atoms with Gasteiger partial charge in [0.2, 0.25) is 0 Å². The highest BCUT2D eigenvalue weighted by Crippen LogP contribution is 2.27. The van der Waals surface area contributed by atoms with Crippen LogP contribution >= 0.6 is 0 Å². The second-order valence-corrected chi connectivity index (χ2v) is 5.21. The average molecular weight is 244 g/mol. The second-order valence-electron chi connectivity index (χ2n) is 5.21. The Bertz CT molecular complexity index is 176. The van der Waals surface area contributed by atoms with E-state index >= 15 is 0 Å². The van der Waals surface area contributed by atoms with E-state index in [1.807, 2.05) is 0 Å². The highest BCUT2D eigenvalue weighted by Gasteiger charge is 2.33. The molecule has 1 aliphatic rings. The molecule has 0 aromatic heterocycles. The van der Waals surface area contributed by atoms with Gasteiger partial charge in [-0.3, -0.25) is 0 Å². The molecule has 0 aromatic rings. The molecule has 1 rings (SSSR count). The molecule has 1 fully saturated rings. The van der Waals surface area contributed by atoms with E-state index in [4.69, 9.17) is 4.74 Å². The van der Waals surface area contributed by atoms with Crippen molar-refractivity contribution < 1.29 is 14.9 Å². The zero-order chi connectivity index (χ0) is 12.7. The molecule has 0 spiro atoms. The fourth-order valence-corrected chi connectivity index (χ4v) is 2.45. The fourth-order valence-electron chi connectivity index (χ4n) is 2.45. The van der Waals surface area contributed by atoms with Gasteiger partial charge in [-0.25, -0.2) is 0 Å². The van der Waals surface area contributed by atoms with E-state index in [2.05, 4.69) is 13.8 Å². The van der Waals surface area contributed by atoms with Crippen LogP contribution in [-0.2, 0) is 4.74 Å². The van der Waals surface area contributed by atoms with Gasteiger partial charge in [0.1, 0.15) is 0 Å². The Labute approximate surface area is 105 Å². The smallest absolute Gasteiger partial charge is 0.0840 e. The van der Waals surface area contributed by atoms with Crippen LogP contribution in [0.2, 0.25) is 0 Å². The van der Waals surface area contributed by atoms with Gasteiger partial charge in [-0.15, -0.1) is 0 Å². The van der Waals surface area contributed by atoms with Crippen molar-refractivity contribution in [2.75, 3.05) is 0 Å². The Morgan fingerprint density at radius 3 is 1.71 bits per heavy atom. The predicted molar refractivity (Wildman–Crippen MR) is 69.0 cm³/mol. The van der Waals surface area contributed by atoms with Crippen LogP contribution in [0.1, 0.15) is 65.2 Å². The van der Waals surface area contributed by atoms with Crippen LogP contribution in [0.25, 0.3) is 0 Å². The van der Waals surface area contributed by atoms with Crippen LogP contribution < -0.4 is 0 Å². The second kappa shape index (κ2) is 8.06. The SMILES string of the molecule is CCCC[C@@H](O)[C@@H]1CC[C@H]([C@H](O)CCCC)O1. The summed E-state index contributed by atoms with van der Waals surface area (Å²) in [6.07, 6.45) is 6.91. The van der Waals surface area contributed by atoms with Gasteiger partial charge in [-0.05, 0) is 25.7 Å². The van der Waals surface area contributed by atoms with Crippen LogP contribution in [0.15, 0.2) is 0 Å². The molecule has 102 valence electrons. The standard InChI is InChI=1S/C14H28O3/c1-3-5-7-11(15)13-9-10-14(17-13)12(16)8-6-4-2/h11-16H,3-10H2,1-2H3/t11-,12-,13-,14+/m1/s1. The molecule has 17 heavy (non-hydrogen) atoms. The summed E-state index contributed by atoms with van der Waals surface area (Å²) in [6.45, 7) is 4.25. The molecule has 0 amide bonds. The van der Waals surface area contributed by atoms with E-state index in [0.29, 0.717) is 0 Å². The van der Waals surface area contributed by atoms with Gasteiger partial charge in [0, 0.05) is 0 Å². The first-order valence-corrected chi connectivity index (χ1v) is 7.20. The summed E-state index contributed by atoms with van der Waals surface area (Å²) in [5.41, 5.74) is 0. The molecule has 1 aliphatic heterocycles. The quantitative estimate of drug-likeness (QED) is 0.690. The third kappa shape index (κ3) is 4.94. The van der Waals surface area contributed by atoms with Crippen molar-refractivity contribution in [2.45, 2.75) is 89.6 Å². The number of unbranched alkanes of at least 4 members (excludes halogenated alkanes) is 2. The summed E-state index contributed by atoms with van der Waals surface area (Å²) >= 11 is 0. The molecule has 3 nitrogen and oxygen atoms in total. The summed E-state index contributed by atoms with van der Waals surface area (Å²) in [4.78, 5) is 0. The van der Waals surface area contributed by atoms with Gasteiger partial charge < -0.3 is 14.9 Å². The van der Waals surface area contributed by atoms with Crippen molar-refractivity contribution in [1.82, 2.24) is 0 Å². The number of ether oxygens (including phenoxy) is 1. The predicted octanol–water partition coefficient (Wildman–Crippen LogP) is 2.64. The van der Waals surface area contributed by atoms with Crippen molar-refractivity contribution in [1.29, 1.82) is 0 Å². The lowest BCUT2D eigenvalue weighted by Gasteiger charge is -2.21. The lowest BCUT2D eigenvalue weighted by atomic mass is 10.0. The molecular weight excluding hydrogens is 216 g/mol. The summed E-state index contributed by atoms with van der Waals surface area (Å²) in [5.74, 6) is 0. The average Bonchev–Trinajstić information content (AvgIpc) is 2.82. The van der Waals surface area contributed by atoms with Gasteiger partial charge in [0.15, 0.2) is 0 Å². The molecule has 4 atom stereocenters. The van der Waals surface area contributed by atoms with Gasteiger partial charge in [-0.2, -0.15) is 0 Å². The largest absolute Gasteiger partial charge is 0.390 e. The molecule has 3 heteroatoms. The molecule has 0 unspecified atom stereocenters. The molecule has 0 bridgehead atoms. The van der Waals surface area contributed by atoms with E-state index < -0.39 is 0 Å². The minimum atomic E-state index is -0.349. The van der Waals surface area contributed by atoms with Crippen LogP contribution in [0.4, 0.5) is 0 Å². The van der Waals surface area contributed by atoms with E-state index in [1.54, 1.807) is 0 Å². The van der Waals surface area contributed by atoms with Crippen molar-refractivity contribution in [3.8, 4) is 0 Å². The Morgan fingerprint density at radius 1 is 0.941 bits per heavy atom. The van der Waals surface area contributed by atoms with Gasteiger partial charge >= 0.3 is 0 Å². The summed E-state index contributed by atoms with van der Waals surface area (Å²) in [5, 5.41) is 19.9. The topological polar surface area (TPSA) is 49.7 Å². The Morgan fingerprint density at radius 2 is 1.35 bits per heavy atom. The minimum absolute atomic E-state index is 0.0529. The number of aliphatic hydroxyl groups excluding tert-OH is 2. The molecule has 0 aromatic carbocycles. The maximum absolute atomic E-state index is 9.95. The van der Waals surface area contributed by atoms with Gasteiger partial charge in [0.25, 0.3) is 0 Å². The third-order valence-corrected chi connectivity index (χ3v) is 3.65. The Hall–Kier alpha value is -0.120. The van der Waals surface area contributed by atoms with Crippen molar-refractivity contribution in [3.05, 3.63) is 0 Å². The molecule has 2 N–H and O–H groups in total. The van der Waals surface area contributed by atoms with E-state index in [0.717, 1.165) is 51.4 Å². The molecular formula is C14H28O3. The maximum Gasteiger partial charge on any atom is 0.0840 e. The highest BCUT2D eigenvalue weighted by atomic mass is 16.5. The van der Waals surface area contributed by atoms with Gasteiger partial charge in [0.05, 0.1) is 24.4 Å². The van der Waals surface area contributed by atoms with Crippen LogP contribution in [-0.4, -0.2) is 34.6 Å². The third-order valence-electron chi connectivity index (χ3n) is 3.65. The minimum Gasteiger partial charge on any atom is -0.390 e. The first kappa shape index (κ1) is 14.9. The van der Waals surface area contributed by atoms with Crippen molar-refractivity contribution >= 4 is 0 Å². The first-order chi connectivity index (χ1) is 8.19. The lowest BCUT2D eigenvalue weighted by molar-refractivity contribution is -0.0784. The van der Waals surface area contributed by atoms with E-state index in [9.17, 15) is 10.2 Å². The molecule has 1 saturated heterocycles. The monoisotopic (exact) mass is 244 g/mol. The lowest BCUT2D eigenvalue weighted by Crippen LogP contribution is -2.31. The maximum atomic E-state index is 9.95. The Balaban J connectivity index is 2.26. The number of aliphatic hydroxyl groups is 2. The number of rotatable bonds is 8. The molecule has 0 aliphatic carbocycles. The van der Waals surface area contributed by atoms with E-state index in [1.165, 1.54) is 0 Å². The zero-order valence-electron chi connectivity index (χ0n) is 11.3. The molecule has 0 radical (unpaired) electrons. The summed E-state index contributed by atoms with van der Waals surface area (Å²) < 4.78 is 5.78.